The van der Waals surface area contributed by atoms with Crippen molar-refractivity contribution in [2.45, 2.75) is 19.1 Å². The number of carbonyl (C=O) groups is 1. The van der Waals surface area contributed by atoms with E-state index < -0.39 is 0 Å². The number of nitrogens with one attached hydrogen (secondary N) is 2. The molecule has 1 fully saturated rings. The van der Waals surface area contributed by atoms with Crippen LogP contribution in [0.3, 0.4) is 0 Å². The first kappa shape index (κ1) is 15.6. The molecule has 1 saturated heterocycles. The molecule has 7 heteroatoms. The summed E-state index contributed by atoms with van der Waals surface area (Å²) in [6, 6.07) is 7.71. The lowest BCUT2D eigenvalue weighted by atomic mass is 10.1. The van der Waals surface area contributed by atoms with Crippen LogP contribution in [0.5, 0.6) is 0 Å². The minimum atomic E-state index is -0.302. The van der Waals surface area contributed by atoms with Crippen LogP contribution in [0.4, 0.5) is 4.39 Å². The second-order valence-electron chi connectivity index (χ2n) is 5.36. The molecule has 6 nitrogen and oxygen atoms in total. The molecule has 0 bridgehead atoms. The lowest BCUT2D eigenvalue weighted by Crippen LogP contribution is -2.41. The van der Waals surface area contributed by atoms with Gasteiger partial charge in [0.1, 0.15) is 11.5 Å². The summed E-state index contributed by atoms with van der Waals surface area (Å²) in [6.45, 7) is 2.39. The van der Waals surface area contributed by atoms with Gasteiger partial charge in [0.25, 0.3) is 0 Å². The molecule has 23 heavy (non-hydrogen) atoms. The third kappa shape index (κ3) is 4.37. The molecule has 2 aromatic rings. The average Bonchev–Trinajstić information content (AvgIpc) is 3.04. The van der Waals surface area contributed by atoms with Crippen LogP contribution in [-0.2, 0) is 16.1 Å². The van der Waals surface area contributed by atoms with E-state index in [2.05, 4.69) is 15.8 Å². The molecule has 1 aliphatic heterocycles. The fraction of sp³-hybridized carbons (Fsp3) is 0.375. The molecule has 1 atom stereocenters. The third-order valence-corrected chi connectivity index (χ3v) is 3.58. The molecular weight excluding hydrogens is 301 g/mol. The van der Waals surface area contributed by atoms with Gasteiger partial charge in [0, 0.05) is 24.7 Å². The molecule has 2 heterocycles. The summed E-state index contributed by atoms with van der Waals surface area (Å²) in [6.07, 6.45) is 0.222. The molecule has 3 rings (SSSR count). The van der Waals surface area contributed by atoms with Gasteiger partial charge in [-0.15, -0.1) is 0 Å². The van der Waals surface area contributed by atoms with Gasteiger partial charge < -0.3 is 19.9 Å². The van der Waals surface area contributed by atoms with Crippen molar-refractivity contribution in [3.8, 4) is 11.3 Å². The van der Waals surface area contributed by atoms with Gasteiger partial charge in [-0.3, -0.25) is 4.79 Å². The number of morpholine rings is 1. The molecule has 0 unspecified atom stereocenters. The Morgan fingerprint density at radius 3 is 2.96 bits per heavy atom. The summed E-state index contributed by atoms with van der Waals surface area (Å²) in [5.74, 6) is 0.142. The highest BCUT2D eigenvalue weighted by Gasteiger charge is 2.17. The lowest BCUT2D eigenvalue weighted by molar-refractivity contribution is -0.124. The number of ether oxygens (including phenoxy) is 1. The number of aromatic nitrogens is 1. The van der Waals surface area contributed by atoms with Crippen molar-refractivity contribution in [3.05, 3.63) is 41.9 Å². The Morgan fingerprint density at radius 2 is 2.22 bits per heavy atom. The van der Waals surface area contributed by atoms with E-state index in [1.54, 1.807) is 18.2 Å². The largest absolute Gasteiger partial charge is 0.375 e. The maximum Gasteiger partial charge on any atom is 0.223 e. The van der Waals surface area contributed by atoms with E-state index in [0.29, 0.717) is 31.0 Å². The molecule has 0 spiro atoms. The van der Waals surface area contributed by atoms with Crippen LogP contribution in [0.2, 0.25) is 0 Å². The number of hydrogen-bond acceptors (Lipinski definition) is 5. The molecule has 1 aromatic heterocycles. The van der Waals surface area contributed by atoms with Crippen LogP contribution in [0.1, 0.15) is 12.2 Å². The van der Waals surface area contributed by atoms with E-state index in [9.17, 15) is 9.18 Å². The second kappa shape index (κ2) is 7.34. The lowest BCUT2D eigenvalue weighted by Gasteiger charge is -2.22. The molecule has 122 valence electrons. The maximum atomic E-state index is 12.9. The highest BCUT2D eigenvalue weighted by molar-refractivity contribution is 5.76. The molecule has 0 radical (unpaired) electrons. The molecule has 1 aromatic carbocycles. The highest BCUT2D eigenvalue weighted by atomic mass is 19.1. The van der Waals surface area contributed by atoms with Crippen LogP contribution in [0, 0.1) is 5.82 Å². The number of rotatable bonds is 5. The molecule has 1 amide bonds. The van der Waals surface area contributed by atoms with Crippen LogP contribution in [0.25, 0.3) is 11.3 Å². The van der Waals surface area contributed by atoms with Crippen LogP contribution >= 0.6 is 0 Å². The number of amides is 1. The topological polar surface area (TPSA) is 76.4 Å². The van der Waals surface area contributed by atoms with E-state index in [1.165, 1.54) is 12.1 Å². The van der Waals surface area contributed by atoms with E-state index in [0.717, 1.165) is 12.1 Å². The van der Waals surface area contributed by atoms with Crippen LogP contribution < -0.4 is 10.6 Å². The van der Waals surface area contributed by atoms with Crippen LogP contribution in [-0.4, -0.2) is 36.9 Å². The standard InChI is InChI=1S/C16H18FN3O3/c17-12-3-1-11(2-4-12)15-7-14(23-20-15)10-19-16(21)8-13-9-18-5-6-22-13/h1-4,7,13,18H,5-6,8-10H2,(H,19,21)/t13-/m1/s1. The summed E-state index contributed by atoms with van der Waals surface area (Å²) < 4.78 is 23.6. The SMILES string of the molecule is O=C(C[C@@H]1CNCCO1)NCc1cc(-c2ccc(F)cc2)no1. The van der Waals surface area contributed by atoms with Crippen LogP contribution in [0.15, 0.2) is 34.9 Å². The smallest absolute Gasteiger partial charge is 0.223 e. The summed E-state index contributed by atoms with van der Waals surface area (Å²) in [4.78, 5) is 11.9. The predicted octanol–water partition coefficient (Wildman–Crippen LogP) is 1.48. The van der Waals surface area contributed by atoms with Crippen molar-refractivity contribution >= 4 is 5.91 Å². The Morgan fingerprint density at radius 1 is 1.39 bits per heavy atom. The van der Waals surface area contributed by atoms with Crippen molar-refractivity contribution in [2.24, 2.45) is 0 Å². The Labute approximate surface area is 133 Å². The van der Waals surface area contributed by atoms with Gasteiger partial charge in [-0.2, -0.15) is 0 Å². The van der Waals surface area contributed by atoms with Gasteiger partial charge in [-0.1, -0.05) is 5.16 Å². The normalized spacial score (nSPS) is 17.9. The monoisotopic (exact) mass is 319 g/mol. The van der Waals surface area contributed by atoms with E-state index in [4.69, 9.17) is 9.26 Å². The summed E-state index contributed by atoms with van der Waals surface area (Å²) in [5, 5.41) is 9.89. The van der Waals surface area contributed by atoms with Crippen molar-refractivity contribution < 1.29 is 18.4 Å². The quantitative estimate of drug-likeness (QED) is 0.873. The van der Waals surface area contributed by atoms with Gasteiger partial charge in [0.05, 0.1) is 25.7 Å². The van der Waals surface area contributed by atoms with Crippen molar-refractivity contribution in [3.63, 3.8) is 0 Å². The predicted molar refractivity (Wildman–Crippen MR) is 81.0 cm³/mol. The minimum absolute atomic E-state index is 0.0896. The van der Waals surface area contributed by atoms with E-state index >= 15 is 0 Å². The summed E-state index contributed by atoms with van der Waals surface area (Å²) >= 11 is 0. The Kier molecular flexibility index (Phi) is 4.99. The van der Waals surface area contributed by atoms with Gasteiger partial charge in [-0.25, -0.2) is 4.39 Å². The summed E-state index contributed by atoms with van der Waals surface area (Å²) in [7, 11) is 0. The zero-order chi connectivity index (χ0) is 16.1. The number of carbonyl (C=O) groups excluding carboxylic acids is 1. The first-order valence-electron chi connectivity index (χ1n) is 7.51. The zero-order valence-corrected chi connectivity index (χ0v) is 12.5. The zero-order valence-electron chi connectivity index (χ0n) is 12.5. The Hall–Kier alpha value is -2.25. The van der Waals surface area contributed by atoms with Gasteiger partial charge >= 0.3 is 0 Å². The Balaban J connectivity index is 1.50. The third-order valence-electron chi connectivity index (χ3n) is 3.58. The molecule has 0 aliphatic carbocycles. The first-order chi connectivity index (χ1) is 11.2. The average molecular weight is 319 g/mol. The number of benzene rings is 1. The van der Waals surface area contributed by atoms with E-state index in [1.807, 2.05) is 0 Å². The van der Waals surface area contributed by atoms with E-state index in [-0.39, 0.29) is 24.4 Å². The molecular formula is C16H18FN3O3. The fourth-order valence-corrected chi connectivity index (χ4v) is 2.37. The minimum Gasteiger partial charge on any atom is -0.375 e. The molecule has 0 saturated carbocycles. The van der Waals surface area contributed by atoms with Gasteiger partial charge in [0.2, 0.25) is 5.91 Å². The second-order valence-corrected chi connectivity index (χ2v) is 5.36. The van der Waals surface area contributed by atoms with Gasteiger partial charge in [-0.05, 0) is 24.3 Å². The number of hydrogen-bond donors (Lipinski definition) is 2. The summed E-state index contributed by atoms with van der Waals surface area (Å²) in [5.41, 5.74) is 1.36. The molecule has 1 aliphatic rings. The van der Waals surface area contributed by atoms with Crippen molar-refractivity contribution in [2.75, 3.05) is 19.7 Å². The fourth-order valence-electron chi connectivity index (χ4n) is 2.37. The first-order valence-corrected chi connectivity index (χ1v) is 7.51. The Bertz CT molecular complexity index is 651. The number of halogens is 1. The van der Waals surface area contributed by atoms with Crippen molar-refractivity contribution in [1.29, 1.82) is 0 Å². The van der Waals surface area contributed by atoms with Gasteiger partial charge in [0.15, 0.2) is 5.76 Å². The number of nitrogens with zero attached hydrogens (tertiary/aromatic N) is 1. The maximum absolute atomic E-state index is 12.9. The highest BCUT2D eigenvalue weighted by Crippen LogP contribution is 2.19. The molecule has 2 N–H and O–H groups in total. The van der Waals surface area contributed by atoms with Crippen molar-refractivity contribution in [1.82, 2.24) is 15.8 Å².